The van der Waals surface area contributed by atoms with Crippen LogP contribution in [-0.4, -0.2) is 28.9 Å². The van der Waals surface area contributed by atoms with Crippen LogP contribution < -0.4 is 26.2 Å². The van der Waals surface area contributed by atoms with E-state index in [9.17, 15) is 14.4 Å². The van der Waals surface area contributed by atoms with Crippen molar-refractivity contribution < 1.29 is 19.1 Å². The quantitative estimate of drug-likeness (QED) is 0.378. The third-order valence-electron chi connectivity index (χ3n) is 4.89. The zero-order valence-electron chi connectivity index (χ0n) is 17.9. The Labute approximate surface area is 192 Å². The first-order valence-corrected chi connectivity index (χ1v) is 10.9. The smallest absolute Gasteiger partial charge is 0.269 e. The highest BCUT2D eigenvalue weighted by atomic mass is 32.1. The fraction of sp³-hybridized carbons (Fsp3) is 0.304. The van der Waals surface area contributed by atoms with E-state index in [0.717, 1.165) is 19.3 Å². The minimum absolute atomic E-state index is 0.00179. The van der Waals surface area contributed by atoms with Gasteiger partial charge in [-0.3, -0.25) is 30.6 Å². The minimum atomic E-state index is -0.439. The fourth-order valence-electron chi connectivity index (χ4n) is 2.71. The molecule has 32 heavy (non-hydrogen) atoms. The van der Waals surface area contributed by atoms with E-state index < -0.39 is 11.8 Å². The summed E-state index contributed by atoms with van der Waals surface area (Å²) in [6.07, 6.45) is 2.73. The predicted octanol–water partition coefficient (Wildman–Crippen LogP) is 3.16. The second kappa shape index (κ2) is 10.7. The van der Waals surface area contributed by atoms with Crippen molar-refractivity contribution in [2.75, 3.05) is 5.32 Å². The van der Waals surface area contributed by atoms with E-state index in [1.165, 1.54) is 0 Å². The van der Waals surface area contributed by atoms with E-state index in [-0.39, 0.29) is 23.0 Å². The van der Waals surface area contributed by atoms with Crippen molar-refractivity contribution in [3.8, 4) is 5.75 Å². The molecule has 0 radical (unpaired) electrons. The molecule has 8 nitrogen and oxygen atoms in total. The third-order valence-corrected chi connectivity index (χ3v) is 5.09. The molecule has 1 atom stereocenters. The van der Waals surface area contributed by atoms with Crippen molar-refractivity contribution in [2.24, 2.45) is 5.92 Å². The summed E-state index contributed by atoms with van der Waals surface area (Å²) >= 11 is 5.08. The number of amides is 3. The Kier molecular flexibility index (Phi) is 7.77. The van der Waals surface area contributed by atoms with E-state index in [1.54, 1.807) is 48.5 Å². The Morgan fingerprint density at radius 3 is 2.41 bits per heavy atom. The minimum Gasteiger partial charge on any atom is -0.491 e. The highest BCUT2D eigenvalue weighted by Crippen LogP contribution is 2.30. The molecule has 0 heterocycles. The first kappa shape index (κ1) is 23.2. The number of ether oxygens (including phenoxy) is 1. The van der Waals surface area contributed by atoms with Crippen LogP contribution >= 0.6 is 12.2 Å². The Bertz CT molecular complexity index is 1010. The Morgan fingerprint density at radius 1 is 1.03 bits per heavy atom. The lowest BCUT2D eigenvalue weighted by atomic mass is 10.2. The molecule has 1 aliphatic rings. The Hall–Kier alpha value is -3.46. The largest absolute Gasteiger partial charge is 0.491 e. The molecule has 0 aliphatic heterocycles. The molecule has 2 aromatic rings. The summed E-state index contributed by atoms with van der Waals surface area (Å²) in [4.78, 5) is 36.5. The molecule has 4 N–H and O–H groups in total. The summed E-state index contributed by atoms with van der Waals surface area (Å²) in [5.41, 5.74) is 6.32. The third kappa shape index (κ3) is 6.78. The molecular formula is C23H26N4O4S. The number of anilines is 1. The van der Waals surface area contributed by atoms with Gasteiger partial charge in [-0.25, -0.2) is 0 Å². The van der Waals surface area contributed by atoms with Gasteiger partial charge in [0.2, 0.25) is 5.91 Å². The van der Waals surface area contributed by atoms with Gasteiger partial charge in [-0.05, 0) is 80.9 Å². The van der Waals surface area contributed by atoms with E-state index in [2.05, 4.69) is 21.5 Å². The Morgan fingerprint density at radius 2 is 1.75 bits per heavy atom. The topological polar surface area (TPSA) is 109 Å². The maximum Gasteiger partial charge on any atom is 0.269 e. The fourth-order valence-corrected chi connectivity index (χ4v) is 2.86. The summed E-state index contributed by atoms with van der Waals surface area (Å²) in [6.45, 7) is 3.97. The van der Waals surface area contributed by atoms with Gasteiger partial charge >= 0.3 is 0 Å². The summed E-state index contributed by atoms with van der Waals surface area (Å²) in [6, 6.07) is 13.3. The second-order valence-electron chi connectivity index (χ2n) is 7.57. The summed E-state index contributed by atoms with van der Waals surface area (Å²) < 4.78 is 5.72. The standard InChI is InChI=1S/C23H26N4O4S/c1-3-14(2)31-19-6-4-5-17(13-19)21(29)25-23(32)27-26-22(30)16-9-11-18(12-10-16)24-20(28)15-7-8-15/h4-6,9-15H,3,7-8H2,1-2H3,(H,24,28)(H,26,30)(H2,25,27,29,32). The number of benzene rings is 2. The average Bonchev–Trinajstić information content (AvgIpc) is 3.63. The number of thiocarbonyl (C=S) groups is 1. The number of nitrogens with one attached hydrogen (secondary N) is 4. The molecule has 1 saturated carbocycles. The van der Waals surface area contributed by atoms with Crippen LogP contribution in [0.2, 0.25) is 0 Å². The molecule has 1 aliphatic carbocycles. The number of hydrogen-bond donors (Lipinski definition) is 4. The number of carbonyl (C=O) groups is 3. The zero-order valence-corrected chi connectivity index (χ0v) is 18.8. The number of carbonyl (C=O) groups excluding carboxylic acids is 3. The lowest BCUT2D eigenvalue weighted by Crippen LogP contribution is -2.48. The molecule has 0 saturated heterocycles. The molecule has 0 spiro atoms. The van der Waals surface area contributed by atoms with Crippen molar-refractivity contribution in [2.45, 2.75) is 39.2 Å². The van der Waals surface area contributed by atoms with Crippen molar-refractivity contribution in [3.63, 3.8) is 0 Å². The molecule has 3 amide bonds. The van der Waals surface area contributed by atoms with Crippen molar-refractivity contribution in [3.05, 3.63) is 59.7 Å². The summed E-state index contributed by atoms with van der Waals surface area (Å²) in [5, 5.41) is 5.27. The van der Waals surface area contributed by atoms with E-state index in [1.807, 2.05) is 13.8 Å². The second-order valence-corrected chi connectivity index (χ2v) is 7.98. The normalized spacial score (nSPS) is 13.4. The van der Waals surface area contributed by atoms with Crippen LogP contribution in [0.4, 0.5) is 5.69 Å². The average molecular weight is 455 g/mol. The number of hydrazine groups is 1. The molecule has 168 valence electrons. The summed E-state index contributed by atoms with van der Waals surface area (Å²) in [7, 11) is 0. The Balaban J connectivity index is 1.46. The molecule has 9 heteroatoms. The van der Waals surface area contributed by atoms with Crippen molar-refractivity contribution in [1.29, 1.82) is 0 Å². The SMILES string of the molecule is CCC(C)Oc1cccc(C(=O)NC(=S)NNC(=O)c2ccc(NC(=O)C3CC3)cc2)c1. The van der Waals surface area contributed by atoms with Gasteiger partial charge in [0, 0.05) is 22.7 Å². The van der Waals surface area contributed by atoms with Crippen LogP contribution in [-0.2, 0) is 4.79 Å². The van der Waals surface area contributed by atoms with Gasteiger partial charge in [0.05, 0.1) is 6.10 Å². The molecular weight excluding hydrogens is 428 g/mol. The lowest BCUT2D eigenvalue weighted by molar-refractivity contribution is -0.117. The van der Waals surface area contributed by atoms with Gasteiger partial charge in [0.15, 0.2) is 5.11 Å². The first-order valence-electron chi connectivity index (χ1n) is 10.4. The van der Waals surface area contributed by atoms with Crippen LogP contribution in [0.15, 0.2) is 48.5 Å². The number of hydrogen-bond acceptors (Lipinski definition) is 5. The molecule has 0 aromatic heterocycles. The molecule has 1 fully saturated rings. The van der Waals surface area contributed by atoms with Gasteiger partial charge in [0.1, 0.15) is 5.75 Å². The molecule has 2 aromatic carbocycles. The molecule has 3 rings (SSSR count). The van der Waals surface area contributed by atoms with Gasteiger partial charge < -0.3 is 10.1 Å². The highest BCUT2D eigenvalue weighted by Gasteiger charge is 2.29. The van der Waals surface area contributed by atoms with Crippen LogP contribution in [0.25, 0.3) is 0 Å². The van der Waals surface area contributed by atoms with Gasteiger partial charge in [-0.2, -0.15) is 0 Å². The number of rotatable bonds is 7. The zero-order chi connectivity index (χ0) is 23.1. The van der Waals surface area contributed by atoms with Crippen LogP contribution in [0.5, 0.6) is 5.75 Å². The molecule has 0 bridgehead atoms. The van der Waals surface area contributed by atoms with E-state index in [4.69, 9.17) is 17.0 Å². The first-order chi connectivity index (χ1) is 15.4. The maximum absolute atomic E-state index is 12.4. The van der Waals surface area contributed by atoms with E-state index in [0.29, 0.717) is 22.6 Å². The van der Waals surface area contributed by atoms with Crippen LogP contribution in [0, 0.1) is 5.92 Å². The van der Waals surface area contributed by atoms with Crippen LogP contribution in [0.3, 0.4) is 0 Å². The molecule has 1 unspecified atom stereocenters. The van der Waals surface area contributed by atoms with Gasteiger partial charge in [0.25, 0.3) is 11.8 Å². The van der Waals surface area contributed by atoms with Gasteiger partial charge in [-0.1, -0.05) is 13.0 Å². The van der Waals surface area contributed by atoms with Crippen molar-refractivity contribution in [1.82, 2.24) is 16.2 Å². The highest BCUT2D eigenvalue weighted by molar-refractivity contribution is 7.80. The lowest BCUT2D eigenvalue weighted by Gasteiger charge is -2.14. The summed E-state index contributed by atoms with van der Waals surface area (Å²) in [5.74, 6) is -0.168. The predicted molar refractivity (Wildman–Crippen MR) is 125 cm³/mol. The van der Waals surface area contributed by atoms with Gasteiger partial charge in [-0.15, -0.1) is 0 Å². The van der Waals surface area contributed by atoms with Crippen LogP contribution in [0.1, 0.15) is 53.8 Å². The monoisotopic (exact) mass is 454 g/mol. The van der Waals surface area contributed by atoms with Crippen molar-refractivity contribution >= 4 is 40.7 Å². The van der Waals surface area contributed by atoms with E-state index >= 15 is 0 Å². The maximum atomic E-state index is 12.4.